The number of rotatable bonds is 8. The van der Waals surface area contributed by atoms with Crippen LogP contribution in [0.2, 0.25) is 0 Å². The molecule has 0 spiro atoms. The molecule has 7 heteroatoms. The van der Waals surface area contributed by atoms with Gasteiger partial charge in [0.1, 0.15) is 0 Å². The van der Waals surface area contributed by atoms with Gasteiger partial charge in [0, 0.05) is 13.1 Å². The van der Waals surface area contributed by atoms with Crippen molar-refractivity contribution in [3.05, 3.63) is 58.1 Å². The number of carbonyl (C=O) groups is 1. The van der Waals surface area contributed by atoms with Gasteiger partial charge in [0.05, 0.1) is 16.2 Å². The first-order valence-electron chi connectivity index (χ1n) is 11.0. The van der Waals surface area contributed by atoms with Crippen molar-refractivity contribution in [2.24, 2.45) is 17.8 Å². The van der Waals surface area contributed by atoms with Gasteiger partial charge in [-0.1, -0.05) is 30.7 Å². The largest absolute Gasteiger partial charge is 0.478 e. The normalized spacial score (nSPS) is 25.5. The molecule has 1 aliphatic heterocycles. The van der Waals surface area contributed by atoms with Gasteiger partial charge in [0.25, 0.3) is 0 Å². The van der Waals surface area contributed by atoms with E-state index in [-0.39, 0.29) is 0 Å². The monoisotopic (exact) mass is 451 g/mol. The van der Waals surface area contributed by atoms with Crippen molar-refractivity contribution in [3.8, 4) is 0 Å². The number of fused-ring (bicyclic) bond motifs is 2. The Bertz CT molecular complexity index is 880. The first kappa shape index (κ1) is 22.3. The van der Waals surface area contributed by atoms with E-state index in [9.17, 15) is 23.1 Å². The van der Waals surface area contributed by atoms with Gasteiger partial charge < -0.3 is 10.0 Å². The predicted octanol–water partition coefficient (Wildman–Crippen LogP) is 5.98. The van der Waals surface area contributed by atoms with Crippen molar-refractivity contribution in [1.82, 2.24) is 4.90 Å². The van der Waals surface area contributed by atoms with Crippen molar-refractivity contribution >= 4 is 17.7 Å². The molecule has 1 heterocycles. The van der Waals surface area contributed by atoms with Crippen LogP contribution in [0.25, 0.3) is 0 Å². The molecule has 3 atom stereocenters. The molecule has 4 rings (SSSR count). The Labute approximate surface area is 185 Å². The first-order valence-corrected chi connectivity index (χ1v) is 12.0. The number of aryl methyl sites for hydroxylation is 1. The van der Waals surface area contributed by atoms with Crippen LogP contribution in [0.15, 0.2) is 47.0 Å². The molecule has 1 aromatic carbocycles. The van der Waals surface area contributed by atoms with Crippen molar-refractivity contribution in [3.63, 3.8) is 0 Å². The van der Waals surface area contributed by atoms with E-state index in [0.29, 0.717) is 35.6 Å². The molecule has 168 valence electrons. The van der Waals surface area contributed by atoms with Gasteiger partial charge in [-0.05, 0) is 73.3 Å². The van der Waals surface area contributed by atoms with E-state index in [1.165, 1.54) is 49.6 Å². The molecular formula is C24H28F3NO2S. The number of alkyl halides is 3. The summed E-state index contributed by atoms with van der Waals surface area (Å²) in [7, 11) is 0. The molecule has 0 amide bonds. The molecule has 3 unspecified atom stereocenters. The van der Waals surface area contributed by atoms with Gasteiger partial charge >= 0.3 is 12.1 Å². The summed E-state index contributed by atoms with van der Waals surface area (Å²) in [5.41, 5.74) is 0.367. The van der Waals surface area contributed by atoms with Crippen LogP contribution in [-0.4, -0.2) is 34.8 Å². The Morgan fingerprint density at radius 1 is 1.23 bits per heavy atom. The third-order valence-electron chi connectivity index (χ3n) is 6.80. The van der Waals surface area contributed by atoms with Gasteiger partial charge in [-0.15, -0.1) is 11.8 Å². The summed E-state index contributed by atoms with van der Waals surface area (Å²) in [6, 6.07) is 5.45. The second-order valence-electron chi connectivity index (χ2n) is 8.92. The predicted molar refractivity (Wildman–Crippen MR) is 117 cm³/mol. The molecule has 2 bridgehead atoms. The second kappa shape index (κ2) is 9.31. The summed E-state index contributed by atoms with van der Waals surface area (Å²) in [5.74, 6) is 2.01. The topological polar surface area (TPSA) is 40.5 Å². The van der Waals surface area contributed by atoms with E-state index in [2.05, 4.69) is 4.90 Å². The molecule has 1 N–H and O–H groups in total. The molecule has 1 aromatic rings. The van der Waals surface area contributed by atoms with E-state index < -0.39 is 17.7 Å². The molecule has 2 aliphatic carbocycles. The average Bonchev–Trinajstić information content (AvgIpc) is 3.34. The number of hydrogen-bond donors (Lipinski definition) is 1. The highest BCUT2D eigenvalue weighted by Gasteiger charge is 2.40. The second-order valence-corrected chi connectivity index (χ2v) is 10.0. The number of aliphatic carboxylic acids is 1. The number of benzene rings is 1. The zero-order valence-corrected chi connectivity index (χ0v) is 18.2. The number of nitrogens with zero attached hydrogens (tertiary/aromatic N) is 1. The summed E-state index contributed by atoms with van der Waals surface area (Å²) in [6.07, 6.45) is 5.72. The van der Waals surface area contributed by atoms with E-state index in [1.807, 2.05) is 6.08 Å². The minimum Gasteiger partial charge on any atom is -0.478 e. The lowest BCUT2D eigenvalue weighted by Gasteiger charge is -2.34. The van der Waals surface area contributed by atoms with Gasteiger partial charge in [0.15, 0.2) is 0 Å². The summed E-state index contributed by atoms with van der Waals surface area (Å²) in [5, 5.41) is 10.5. The van der Waals surface area contributed by atoms with Crippen LogP contribution in [0, 0.1) is 17.8 Å². The van der Waals surface area contributed by atoms with Crippen LogP contribution >= 0.6 is 11.8 Å². The number of halogens is 3. The molecule has 3 nitrogen and oxygen atoms in total. The number of thioether (sulfide) groups is 1. The van der Waals surface area contributed by atoms with Crippen LogP contribution < -0.4 is 0 Å². The Kier molecular flexibility index (Phi) is 6.70. The fourth-order valence-electron chi connectivity index (χ4n) is 5.34. The standard InChI is InChI=1S/C24H28F3NO2S/c25-24(26,27)20-6-1-4-16(14-20)5-3-11-31-22-21(23(29)30)7-2-10-28(22)15-19-13-17-8-9-18(19)12-17/h1-2,4,6-7,14,17-19H,3,5,8-13,15H2,(H,29,30). The third-order valence-corrected chi connectivity index (χ3v) is 8.05. The summed E-state index contributed by atoms with van der Waals surface area (Å²) >= 11 is 1.53. The number of carboxylic acid groups (broad SMARTS) is 1. The smallest absolute Gasteiger partial charge is 0.416 e. The van der Waals surface area contributed by atoms with Crippen LogP contribution in [0.4, 0.5) is 13.2 Å². The van der Waals surface area contributed by atoms with Crippen molar-refractivity contribution in [1.29, 1.82) is 0 Å². The molecule has 2 fully saturated rings. The Morgan fingerprint density at radius 2 is 2.06 bits per heavy atom. The van der Waals surface area contributed by atoms with Crippen LogP contribution in [0.5, 0.6) is 0 Å². The summed E-state index contributed by atoms with van der Waals surface area (Å²) in [4.78, 5) is 14.0. The van der Waals surface area contributed by atoms with E-state index >= 15 is 0 Å². The SMILES string of the molecule is O=C(O)C1=C(SCCCc2cccc(C(F)(F)F)c2)N(CC2CC3CCC2C3)CC=C1. The van der Waals surface area contributed by atoms with Crippen molar-refractivity contribution in [2.75, 3.05) is 18.8 Å². The Hall–Kier alpha value is -1.89. The maximum absolute atomic E-state index is 12.9. The summed E-state index contributed by atoms with van der Waals surface area (Å²) in [6.45, 7) is 1.62. The molecular weight excluding hydrogens is 423 g/mol. The number of hydrogen-bond acceptors (Lipinski definition) is 3. The molecule has 3 aliphatic rings. The Morgan fingerprint density at radius 3 is 2.74 bits per heavy atom. The van der Waals surface area contributed by atoms with Crippen LogP contribution in [0.3, 0.4) is 0 Å². The lowest BCUT2D eigenvalue weighted by atomic mass is 9.88. The average molecular weight is 452 g/mol. The van der Waals surface area contributed by atoms with Crippen LogP contribution in [-0.2, 0) is 17.4 Å². The fraction of sp³-hybridized carbons (Fsp3) is 0.542. The van der Waals surface area contributed by atoms with E-state index in [4.69, 9.17) is 0 Å². The van der Waals surface area contributed by atoms with Gasteiger partial charge in [-0.3, -0.25) is 0 Å². The zero-order chi connectivity index (χ0) is 22.0. The first-order chi connectivity index (χ1) is 14.8. The van der Waals surface area contributed by atoms with E-state index in [1.54, 1.807) is 12.1 Å². The molecule has 2 saturated carbocycles. The maximum Gasteiger partial charge on any atom is 0.416 e. The fourth-order valence-corrected chi connectivity index (χ4v) is 6.47. The summed E-state index contributed by atoms with van der Waals surface area (Å²) < 4.78 is 38.7. The van der Waals surface area contributed by atoms with E-state index in [0.717, 1.165) is 36.0 Å². The highest BCUT2D eigenvalue weighted by atomic mass is 32.2. The van der Waals surface area contributed by atoms with Gasteiger partial charge in [-0.25, -0.2) is 4.79 Å². The highest BCUT2D eigenvalue weighted by molar-refractivity contribution is 8.03. The van der Waals surface area contributed by atoms with Gasteiger partial charge in [0.2, 0.25) is 0 Å². The zero-order valence-electron chi connectivity index (χ0n) is 17.4. The minimum absolute atomic E-state index is 0.332. The molecule has 0 radical (unpaired) electrons. The lowest BCUT2D eigenvalue weighted by Crippen LogP contribution is -2.33. The van der Waals surface area contributed by atoms with Gasteiger partial charge in [-0.2, -0.15) is 13.2 Å². The maximum atomic E-state index is 12.9. The van der Waals surface area contributed by atoms with Crippen molar-refractivity contribution < 1.29 is 23.1 Å². The van der Waals surface area contributed by atoms with Crippen LogP contribution in [0.1, 0.15) is 43.2 Å². The third kappa shape index (κ3) is 5.30. The molecule has 0 aromatic heterocycles. The molecule has 0 saturated heterocycles. The number of carboxylic acids is 1. The van der Waals surface area contributed by atoms with Crippen molar-refractivity contribution in [2.45, 2.75) is 44.7 Å². The highest BCUT2D eigenvalue weighted by Crippen LogP contribution is 2.49. The Balaban J connectivity index is 1.37. The minimum atomic E-state index is -4.33. The lowest BCUT2D eigenvalue weighted by molar-refractivity contribution is -0.137. The quantitative estimate of drug-likeness (QED) is 0.494. The molecule has 31 heavy (non-hydrogen) atoms.